The molecule has 5 heteroatoms. The summed E-state index contributed by atoms with van der Waals surface area (Å²) in [7, 11) is 0. The van der Waals surface area contributed by atoms with Gasteiger partial charge in [-0.1, -0.05) is 32.1 Å². The van der Waals surface area contributed by atoms with Crippen LogP contribution in [0.4, 0.5) is 0 Å². The predicted molar refractivity (Wildman–Crippen MR) is 64.0 cm³/mol. The third-order valence-corrected chi connectivity index (χ3v) is 3.37. The van der Waals surface area contributed by atoms with Crippen molar-refractivity contribution in [2.75, 3.05) is 0 Å². The maximum Gasteiger partial charge on any atom is 0.223 e. The van der Waals surface area contributed by atoms with Gasteiger partial charge in [0.1, 0.15) is 12.2 Å². The summed E-state index contributed by atoms with van der Waals surface area (Å²) in [5, 5.41) is 9.42. The molecule has 0 saturated heterocycles. The molecular formula is C12H20N4O. The normalized spacial score (nSPS) is 18.4. The van der Waals surface area contributed by atoms with E-state index in [0.717, 1.165) is 12.8 Å². The largest absolute Gasteiger partial charge is 0.349 e. The zero-order valence-corrected chi connectivity index (χ0v) is 10.1. The van der Waals surface area contributed by atoms with E-state index in [4.69, 9.17) is 0 Å². The van der Waals surface area contributed by atoms with E-state index in [1.807, 2.05) is 0 Å². The molecule has 1 saturated carbocycles. The maximum absolute atomic E-state index is 12.0. The molecule has 0 unspecified atom stereocenters. The summed E-state index contributed by atoms with van der Waals surface area (Å²) in [4.78, 5) is 16.0. The monoisotopic (exact) mass is 236 g/mol. The lowest BCUT2D eigenvalue weighted by molar-refractivity contribution is -0.125. The van der Waals surface area contributed by atoms with Gasteiger partial charge in [0.2, 0.25) is 5.91 Å². The summed E-state index contributed by atoms with van der Waals surface area (Å²) < 4.78 is 0. The molecule has 1 aliphatic carbocycles. The number of carbonyl (C=O) groups excluding carboxylic acids is 1. The van der Waals surface area contributed by atoms with Crippen LogP contribution in [0.3, 0.4) is 0 Å². The lowest BCUT2D eigenvalue weighted by Crippen LogP contribution is -2.31. The average Bonchev–Trinajstić information content (AvgIpc) is 2.78. The number of carbonyl (C=O) groups is 1. The van der Waals surface area contributed by atoms with E-state index in [9.17, 15) is 4.79 Å². The molecule has 1 aromatic heterocycles. The van der Waals surface area contributed by atoms with E-state index >= 15 is 0 Å². The molecule has 1 heterocycles. The molecule has 0 radical (unpaired) electrons. The molecule has 0 spiro atoms. The fourth-order valence-electron chi connectivity index (χ4n) is 2.35. The van der Waals surface area contributed by atoms with Crippen molar-refractivity contribution in [3.05, 3.63) is 12.2 Å². The smallest absolute Gasteiger partial charge is 0.223 e. The van der Waals surface area contributed by atoms with Crippen LogP contribution in [-0.2, 0) is 11.3 Å². The van der Waals surface area contributed by atoms with Crippen LogP contribution in [-0.4, -0.2) is 21.1 Å². The highest BCUT2D eigenvalue weighted by Crippen LogP contribution is 2.22. The molecule has 1 aromatic rings. The van der Waals surface area contributed by atoms with Crippen LogP contribution in [0, 0.1) is 5.92 Å². The Bertz CT molecular complexity index is 328. The second-order valence-corrected chi connectivity index (χ2v) is 4.69. The minimum absolute atomic E-state index is 0.170. The number of aromatic nitrogens is 3. The number of hydrogen-bond acceptors (Lipinski definition) is 3. The Balaban J connectivity index is 1.77. The minimum atomic E-state index is 0.170. The van der Waals surface area contributed by atoms with E-state index in [2.05, 4.69) is 20.5 Å². The topological polar surface area (TPSA) is 70.7 Å². The van der Waals surface area contributed by atoms with Gasteiger partial charge in [0, 0.05) is 5.92 Å². The molecule has 0 aliphatic heterocycles. The van der Waals surface area contributed by atoms with Crippen molar-refractivity contribution in [2.24, 2.45) is 5.92 Å². The summed E-state index contributed by atoms with van der Waals surface area (Å²) in [6.45, 7) is 0.454. The summed E-state index contributed by atoms with van der Waals surface area (Å²) >= 11 is 0. The van der Waals surface area contributed by atoms with Gasteiger partial charge in [-0.2, -0.15) is 5.10 Å². The molecule has 2 rings (SSSR count). The van der Waals surface area contributed by atoms with E-state index in [-0.39, 0.29) is 11.8 Å². The molecule has 0 atom stereocenters. The quantitative estimate of drug-likeness (QED) is 0.840. The van der Waals surface area contributed by atoms with Gasteiger partial charge in [0.25, 0.3) is 0 Å². The van der Waals surface area contributed by atoms with E-state index in [0.29, 0.717) is 12.4 Å². The Hall–Kier alpha value is -1.39. The van der Waals surface area contributed by atoms with Crippen molar-refractivity contribution in [3.63, 3.8) is 0 Å². The molecule has 2 N–H and O–H groups in total. The van der Waals surface area contributed by atoms with Crippen LogP contribution in [0.15, 0.2) is 6.33 Å². The zero-order chi connectivity index (χ0) is 11.9. The molecule has 1 aliphatic rings. The average molecular weight is 236 g/mol. The number of nitrogens with one attached hydrogen (secondary N) is 2. The first-order valence-electron chi connectivity index (χ1n) is 6.48. The van der Waals surface area contributed by atoms with Gasteiger partial charge >= 0.3 is 0 Å². The van der Waals surface area contributed by atoms with Crippen LogP contribution < -0.4 is 5.32 Å². The second kappa shape index (κ2) is 6.37. The summed E-state index contributed by atoms with van der Waals surface area (Å²) in [6, 6.07) is 0. The Morgan fingerprint density at radius 2 is 2.00 bits per heavy atom. The highest BCUT2D eigenvalue weighted by molar-refractivity contribution is 5.78. The fraction of sp³-hybridized carbons (Fsp3) is 0.750. The Labute approximate surface area is 101 Å². The number of aromatic amines is 1. The van der Waals surface area contributed by atoms with Crippen LogP contribution in [0.2, 0.25) is 0 Å². The van der Waals surface area contributed by atoms with Gasteiger partial charge in [-0.05, 0) is 12.8 Å². The molecule has 1 amide bonds. The van der Waals surface area contributed by atoms with E-state index < -0.39 is 0 Å². The lowest BCUT2D eigenvalue weighted by Gasteiger charge is -2.18. The van der Waals surface area contributed by atoms with Gasteiger partial charge in [-0.15, -0.1) is 0 Å². The van der Waals surface area contributed by atoms with Gasteiger partial charge in [0.15, 0.2) is 0 Å². The first-order valence-corrected chi connectivity index (χ1v) is 6.48. The van der Waals surface area contributed by atoms with E-state index in [1.165, 1.54) is 38.4 Å². The molecule has 0 aromatic carbocycles. The molecule has 17 heavy (non-hydrogen) atoms. The third-order valence-electron chi connectivity index (χ3n) is 3.37. The maximum atomic E-state index is 12.0. The van der Waals surface area contributed by atoms with Crippen LogP contribution in [0.25, 0.3) is 0 Å². The lowest BCUT2D eigenvalue weighted by atomic mass is 9.90. The molecule has 94 valence electrons. The number of H-pyrrole nitrogens is 1. The van der Waals surface area contributed by atoms with Crippen LogP contribution >= 0.6 is 0 Å². The van der Waals surface area contributed by atoms with Crippen LogP contribution in [0.1, 0.15) is 50.8 Å². The van der Waals surface area contributed by atoms with Gasteiger partial charge in [-0.25, -0.2) is 4.98 Å². The number of nitrogens with zero attached hydrogens (tertiary/aromatic N) is 2. The van der Waals surface area contributed by atoms with Crippen molar-refractivity contribution in [1.29, 1.82) is 0 Å². The number of rotatable bonds is 3. The zero-order valence-electron chi connectivity index (χ0n) is 10.1. The summed E-state index contributed by atoms with van der Waals surface area (Å²) in [5.74, 6) is 1.07. The Kier molecular flexibility index (Phi) is 4.53. The predicted octanol–water partition coefficient (Wildman–Crippen LogP) is 1.78. The first-order chi connectivity index (χ1) is 8.36. The standard InChI is InChI=1S/C12H20N4O/c17-12(13-8-11-14-9-15-16-11)10-6-4-2-1-3-5-7-10/h9-10H,1-8H2,(H,13,17)(H,14,15,16). The van der Waals surface area contributed by atoms with Crippen LogP contribution in [0.5, 0.6) is 0 Å². The Morgan fingerprint density at radius 3 is 2.65 bits per heavy atom. The molecule has 0 bridgehead atoms. The van der Waals surface area contributed by atoms with Gasteiger partial charge < -0.3 is 5.32 Å². The van der Waals surface area contributed by atoms with Crippen molar-refractivity contribution < 1.29 is 4.79 Å². The summed E-state index contributed by atoms with van der Waals surface area (Å²) in [6.07, 6.45) is 9.74. The van der Waals surface area contributed by atoms with Crippen molar-refractivity contribution >= 4 is 5.91 Å². The molecule has 5 nitrogen and oxygen atoms in total. The minimum Gasteiger partial charge on any atom is -0.349 e. The third kappa shape index (κ3) is 3.84. The molecular weight excluding hydrogens is 216 g/mol. The fourth-order valence-corrected chi connectivity index (χ4v) is 2.35. The van der Waals surface area contributed by atoms with Crippen molar-refractivity contribution in [3.8, 4) is 0 Å². The first kappa shape index (κ1) is 12.1. The van der Waals surface area contributed by atoms with E-state index in [1.54, 1.807) is 0 Å². The number of amides is 1. The summed E-state index contributed by atoms with van der Waals surface area (Å²) in [5.41, 5.74) is 0. The van der Waals surface area contributed by atoms with Gasteiger partial charge in [0.05, 0.1) is 6.54 Å². The highest BCUT2D eigenvalue weighted by Gasteiger charge is 2.18. The van der Waals surface area contributed by atoms with Gasteiger partial charge in [-0.3, -0.25) is 9.89 Å². The molecule has 1 fully saturated rings. The Morgan fingerprint density at radius 1 is 1.29 bits per heavy atom. The SMILES string of the molecule is O=C(NCc1ncn[nH]1)C1CCCCCCC1. The van der Waals surface area contributed by atoms with Crippen molar-refractivity contribution in [1.82, 2.24) is 20.5 Å². The highest BCUT2D eigenvalue weighted by atomic mass is 16.1. The number of hydrogen-bond donors (Lipinski definition) is 2. The second-order valence-electron chi connectivity index (χ2n) is 4.69. The van der Waals surface area contributed by atoms with Crippen molar-refractivity contribution in [2.45, 2.75) is 51.5 Å².